The molecule has 0 radical (unpaired) electrons. The second-order valence-electron chi connectivity index (χ2n) is 3.45. The molecule has 2 nitrogen and oxygen atoms in total. The average Bonchev–Trinajstić information content (AvgIpc) is 2.59. The Morgan fingerprint density at radius 2 is 2.36 bits per heavy atom. The van der Waals surface area contributed by atoms with Gasteiger partial charge >= 0.3 is 0 Å². The van der Waals surface area contributed by atoms with Crippen LogP contribution in [0.2, 0.25) is 0 Å². The van der Waals surface area contributed by atoms with E-state index in [0.717, 1.165) is 28.8 Å². The molecule has 3 heteroatoms. The zero-order chi connectivity index (χ0) is 10.1. The van der Waals surface area contributed by atoms with E-state index in [-0.39, 0.29) is 0 Å². The third-order valence-corrected chi connectivity index (χ3v) is 2.96. The van der Waals surface area contributed by atoms with Gasteiger partial charge in [0.25, 0.3) is 0 Å². The van der Waals surface area contributed by atoms with Gasteiger partial charge in [-0.3, -0.25) is 0 Å². The van der Waals surface area contributed by atoms with Crippen LogP contribution in [-0.2, 0) is 6.42 Å². The lowest BCUT2D eigenvalue weighted by Crippen LogP contribution is -2.10. The van der Waals surface area contributed by atoms with Crippen LogP contribution < -0.4 is 9.47 Å². The molecule has 0 amide bonds. The van der Waals surface area contributed by atoms with Gasteiger partial charge < -0.3 is 9.47 Å². The van der Waals surface area contributed by atoms with Crippen molar-refractivity contribution in [3.8, 4) is 11.5 Å². The van der Waals surface area contributed by atoms with Crippen LogP contribution in [0.4, 0.5) is 0 Å². The number of methoxy groups -OCH3 is 1. The van der Waals surface area contributed by atoms with Crippen molar-refractivity contribution in [3.63, 3.8) is 0 Å². The van der Waals surface area contributed by atoms with E-state index in [4.69, 9.17) is 9.47 Å². The lowest BCUT2D eigenvalue weighted by Gasteiger charge is -2.09. The molecule has 1 unspecified atom stereocenters. The number of halogens is 1. The molecule has 1 aromatic carbocycles. The molecule has 14 heavy (non-hydrogen) atoms. The van der Waals surface area contributed by atoms with E-state index in [1.807, 2.05) is 6.07 Å². The van der Waals surface area contributed by atoms with E-state index in [9.17, 15) is 0 Å². The summed E-state index contributed by atoms with van der Waals surface area (Å²) in [7, 11) is 1.67. The van der Waals surface area contributed by atoms with Gasteiger partial charge in [0.2, 0.25) is 0 Å². The summed E-state index contributed by atoms with van der Waals surface area (Å²) in [5.41, 5.74) is 1.24. The number of ether oxygens (including phenoxy) is 2. The van der Waals surface area contributed by atoms with Gasteiger partial charge in [-0.05, 0) is 18.6 Å². The highest BCUT2D eigenvalue weighted by Crippen LogP contribution is 2.40. The maximum Gasteiger partial charge on any atom is 0.164 e. The minimum Gasteiger partial charge on any atom is -0.493 e. The third-order valence-electron chi connectivity index (χ3n) is 2.50. The Morgan fingerprint density at radius 3 is 3.00 bits per heavy atom. The molecule has 0 N–H and O–H groups in total. The summed E-state index contributed by atoms with van der Waals surface area (Å²) in [5.74, 6) is 1.74. The quantitative estimate of drug-likeness (QED) is 0.810. The highest BCUT2D eigenvalue weighted by atomic mass is 79.9. The van der Waals surface area contributed by atoms with E-state index >= 15 is 0 Å². The summed E-state index contributed by atoms with van der Waals surface area (Å²) in [4.78, 5) is 0. The minimum atomic E-state index is 0.313. The second kappa shape index (κ2) is 3.81. The molecular weight excluding hydrogens is 244 g/mol. The molecule has 1 aliphatic heterocycles. The molecule has 2 rings (SSSR count). The first-order valence-electron chi connectivity index (χ1n) is 4.77. The number of benzene rings is 1. The number of fused-ring (bicyclic) bond motifs is 1. The van der Waals surface area contributed by atoms with Gasteiger partial charge in [0.1, 0.15) is 6.10 Å². The first-order chi connectivity index (χ1) is 6.74. The predicted octanol–water partition coefficient (Wildman–Crippen LogP) is 3.17. The number of rotatable bonds is 2. The van der Waals surface area contributed by atoms with Gasteiger partial charge in [-0.15, -0.1) is 0 Å². The molecule has 0 spiro atoms. The van der Waals surface area contributed by atoms with Crippen LogP contribution in [0.1, 0.15) is 18.9 Å². The van der Waals surface area contributed by atoms with Gasteiger partial charge in [-0.25, -0.2) is 0 Å². The Balaban J connectivity index is 2.40. The van der Waals surface area contributed by atoms with Crippen LogP contribution in [-0.4, -0.2) is 13.2 Å². The number of hydrogen-bond acceptors (Lipinski definition) is 2. The molecule has 0 aliphatic carbocycles. The fourth-order valence-corrected chi connectivity index (χ4v) is 2.23. The summed E-state index contributed by atoms with van der Waals surface area (Å²) in [5, 5.41) is 0. The van der Waals surface area contributed by atoms with Gasteiger partial charge in [-0.1, -0.05) is 22.9 Å². The van der Waals surface area contributed by atoms with Crippen LogP contribution in [0.25, 0.3) is 0 Å². The van der Waals surface area contributed by atoms with Gasteiger partial charge in [0.15, 0.2) is 11.5 Å². The zero-order valence-corrected chi connectivity index (χ0v) is 9.93. The monoisotopic (exact) mass is 256 g/mol. The maximum atomic E-state index is 5.79. The van der Waals surface area contributed by atoms with Crippen molar-refractivity contribution < 1.29 is 9.47 Å². The van der Waals surface area contributed by atoms with Gasteiger partial charge in [0.05, 0.1) is 7.11 Å². The van der Waals surface area contributed by atoms with Crippen molar-refractivity contribution >= 4 is 15.9 Å². The second-order valence-corrected chi connectivity index (χ2v) is 4.36. The summed E-state index contributed by atoms with van der Waals surface area (Å²) >= 11 is 3.46. The normalized spacial score (nSPS) is 18.9. The molecule has 1 heterocycles. The highest BCUT2D eigenvalue weighted by Gasteiger charge is 2.25. The molecule has 76 valence electrons. The first-order valence-corrected chi connectivity index (χ1v) is 5.57. The summed E-state index contributed by atoms with van der Waals surface area (Å²) in [6.45, 7) is 2.14. The van der Waals surface area contributed by atoms with Crippen molar-refractivity contribution in [3.05, 3.63) is 22.2 Å². The summed E-state index contributed by atoms with van der Waals surface area (Å²) < 4.78 is 12.1. The van der Waals surface area contributed by atoms with E-state index in [1.54, 1.807) is 7.11 Å². The van der Waals surface area contributed by atoms with Gasteiger partial charge in [-0.2, -0.15) is 0 Å². The smallest absolute Gasteiger partial charge is 0.164 e. The molecule has 0 saturated carbocycles. The molecule has 1 aromatic rings. The fraction of sp³-hybridized carbons (Fsp3) is 0.455. The Bertz CT molecular complexity index is 349. The van der Waals surface area contributed by atoms with E-state index in [2.05, 4.69) is 28.9 Å². The van der Waals surface area contributed by atoms with Crippen LogP contribution in [0.3, 0.4) is 0 Å². The SMILES string of the molecule is CCC1Cc2cc(Br)cc(OC)c2O1. The molecule has 0 saturated heterocycles. The zero-order valence-electron chi connectivity index (χ0n) is 8.34. The Kier molecular flexibility index (Phi) is 2.68. The van der Waals surface area contributed by atoms with Crippen molar-refractivity contribution in [2.75, 3.05) is 7.11 Å². The number of hydrogen-bond donors (Lipinski definition) is 0. The average molecular weight is 257 g/mol. The maximum absolute atomic E-state index is 5.79. The van der Waals surface area contributed by atoms with Crippen LogP contribution in [0.15, 0.2) is 16.6 Å². The Hall–Kier alpha value is -0.700. The predicted molar refractivity (Wildman–Crippen MR) is 59.1 cm³/mol. The Labute approximate surface area is 92.3 Å². The van der Waals surface area contributed by atoms with Crippen LogP contribution in [0, 0.1) is 0 Å². The standard InChI is InChI=1S/C11H13BrO2/c1-3-9-5-7-4-8(12)6-10(13-2)11(7)14-9/h4,6,9H,3,5H2,1-2H3. The lowest BCUT2D eigenvalue weighted by molar-refractivity contribution is 0.219. The minimum absolute atomic E-state index is 0.313. The molecule has 0 bridgehead atoms. The van der Waals surface area contributed by atoms with Crippen LogP contribution in [0.5, 0.6) is 11.5 Å². The largest absolute Gasteiger partial charge is 0.493 e. The van der Waals surface area contributed by atoms with Crippen molar-refractivity contribution in [1.82, 2.24) is 0 Å². The third kappa shape index (κ3) is 1.61. The topological polar surface area (TPSA) is 18.5 Å². The van der Waals surface area contributed by atoms with Crippen molar-refractivity contribution in [2.24, 2.45) is 0 Å². The first kappa shape index (κ1) is 9.84. The van der Waals surface area contributed by atoms with Gasteiger partial charge in [0, 0.05) is 16.5 Å². The fourth-order valence-electron chi connectivity index (χ4n) is 1.74. The summed E-state index contributed by atoms with van der Waals surface area (Å²) in [6, 6.07) is 4.05. The molecule has 0 fully saturated rings. The van der Waals surface area contributed by atoms with Crippen molar-refractivity contribution in [2.45, 2.75) is 25.9 Å². The van der Waals surface area contributed by atoms with E-state index in [1.165, 1.54) is 5.56 Å². The van der Waals surface area contributed by atoms with E-state index < -0.39 is 0 Å². The molecule has 1 aliphatic rings. The lowest BCUT2D eigenvalue weighted by atomic mass is 10.1. The van der Waals surface area contributed by atoms with E-state index in [0.29, 0.717) is 6.10 Å². The Morgan fingerprint density at radius 1 is 1.57 bits per heavy atom. The molecule has 0 aromatic heterocycles. The summed E-state index contributed by atoms with van der Waals surface area (Å²) in [6.07, 6.45) is 2.34. The molecule has 1 atom stereocenters. The molecular formula is C11H13BrO2. The van der Waals surface area contributed by atoms with Crippen molar-refractivity contribution in [1.29, 1.82) is 0 Å². The highest BCUT2D eigenvalue weighted by molar-refractivity contribution is 9.10. The van der Waals surface area contributed by atoms with Crippen LogP contribution >= 0.6 is 15.9 Å².